The maximum Gasteiger partial charge on any atom is 0.218 e. The van der Waals surface area contributed by atoms with Crippen molar-refractivity contribution in [2.45, 2.75) is 6.42 Å². The normalized spacial score (nSPS) is 10.9. The van der Waals surface area contributed by atoms with Gasteiger partial charge in [0.15, 0.2) is 0 Å². The number of aliphatic hydroxyl groups is 2. The number of nitrogens with zero attached hydrogens (tertiary/aromatic N) is 1. The highest BCUT2D eigenvalue weighted by Gasteiger charge is 2.05. The summed E-state index contributed by atoms with van der Waals surface area (Å²) in [6.45, 7) is 3.29. The van der Waals surface area contributed by atoms with Crippen molar-refractivity contribution in [1.29, 1.82) is 0 Å². The number of rotatable bonds is 10. The molecule has 0 unspecified atom stereocenters. The molecule has 0 atom stereocenters. The molecule has 1 amide bonds. The number of nitrogens with one attached hydrogen (secondary N) is 1. The number of aliphatic hydroxyl groups excluding tert-OH is 2. The first-order valence-electron chi connectivity index (χ1n) is 5.13. The molecule has 0 fully saturated rings. The van der Waals surface area contributed by atoms with Gasteiger partial charge in [0.05, 0.1) is 13.2 Å². The molecule has 0 radical (unpaired) electrons. The van der Waals surface area contributed by atoms with Crippen LogP contribution in [0.25, 0.3) is 0 Å². The molecule has 0 saturated heterocycles. The first-order valence-corrected chi connectivity index (χ1v) is 5.13. The Morgan fingerprint density at radius 2 is 1.87 bits per heavy atom. The van der Waals surface area contributed by atoms with E-state index < -0.39 is 0 Å². The molecule has 0 aromatic rings. The largest absolute Gasteiger partial charge is 0.395 e. The summed E-state index contributed by atoms with van der Waals surface area (Å²) in [5, 5.41) is 20.3. The number of hydrogen-bond acceptors (Lipinski definition) is 5. The molecule has 0 aromatic heterocycles. The van der Waals surface area contributed by atoms with Gasteiger partial charge in [0, 0.05) is 39.1 Å². The third-order valence-corrected chi connectivity index (χ3v) is 1.98. The van der Waals surface area contributed by atoms with Gasteiger partial charge in [-0.3, -0.25) is 9.69 Å². The first-order chi connectivity index (χ1) is 7.20. The molecule has 0 heterocycles. The van der Waals surface area contributed by atoms with E-state index in [0.717, 1.165) is 13.1 Å². The van der Waals surface area contributed by atoms with Crippen molar-refractivity contribution in [3.05, 3.63) is 0 Å². The molecular formula is C9H21N3O3. The van der Waals surface area contributed by atoms with Gasteiger partial charge in [-0.2, -0.15) is 0 Å². The quantitative estimate of drug-likeness (QED) is 0.311. The minimum Gasteiger partial charge on any atom is -0.395 e. The summed E-state index contributed by atoms with van der Waals surface area (Å²) in [4.78, 5) is 12.5. The Kier molecular flexibility index (Phi) is 9.40. The van der Waals surface area contributed by atoms with E-state index in [0.29, 0.717) is 26.1 Å². The fourth-order valence-corrected chi connectivity index (χ4v) is 1.19. The van der Waals surface area contributed by atoms with Crippen LogP contribution in [0.15, 0.2) is 0 Å². The van der Waals surface area contributed by atoms with Crippen molar-refractivity contribution in [2.24, 2.45) is 5.73 Å². The Bertz CT molecular complexity index is 167. The van der Waals surface area contributed by atoms with E-state index in [4.69, 9.17) is 15.9 Å². The first kappa shape index (κ1) is 14.3. The van der Waals surface area contributed by atoms with Crippen LogP contribution in [-0.2, 0) is 4.79 Å². The second-order valence-electron chi connectivity index (χ2n) is 3.26. The predicted octanol–water partition coefficient (Wildman–Crippen LogP) is -2.26. The minimum atomic E-state index is -0.332. The van der Waals surface area contributed by atoms with E-state index in [1.165, 1.54) is 0 Å². The van der Waals surface area contributed by atoms with Crippen LogP contribution in [0.5, 0.6) is 0 Å². The highest BCUT2D eigenvalue weighted by atomic mass is 16.3. The zero-order valence-corrected chi connectivity index (χ0v) is 8.98. The van der Waals surface area contributed by atoms with E-state index >= 15 is 0 Å². The van der Waals surface area contributed by atoms with Gasteiger partial charge in [-0.25, -0.2) is 0 Å². The van der Waals surface area contributed by atoms with E-state index in [1.807, 2.05) is 4.90 Å². The van der Waals surface area contributed by atoms with Gasteiger partial charge in [-0.1, -0.05) is 0 Å². The molecule has 0 spiro atoms. The number of amides is 1. The van der Waals surface area contributed by atoms with Crippen LogP contribution in [0.3, 0.4) is 0 Å². The lowest BCUT2D eigenvalue weighted by atomic mass is 10.3. The molecule has 90 valence electrons. The van der Waals surface area contributed by atoms with Gasteiger partial charge in [0.1, 0.15) is 0 Å². The van der Waals surface area contributed by atoms with Crippen LogP contribution in [0.2, 0.25) is 0 Å². The molecule has 0 aliphatic heterocycles. The zero-order valence-electron chi connectivity index (χ0n) is 8.98. The fraction of sp³-hybridized carbons (Fsp3) is 0.889. The van der Waals surface area contributed by atoms with E-state index in [9.17, 15) is 4.79 Å². The number of carbonyl (C=O) groups excluding carboxylic acids is 1. The Morgan fingerprint density at radius 3 is 2.40 bits per heavy atom. The van der Waals surface area contributed by atoms with Crippen LogP contribution < -0.4 is 11.1 Å². The van der Waals surface area contributed by atoms with Gasteiger partial charge in [-0.05, 0) is 0 Å². The lowest BCUT2D eigenvalue weighted by Gasteiger charge is -2.20. The average Bonchev–Trinajstić information content (AvgIpc) is 2.20. The van der Waals surface area contributed by atoms with E-state index in [2.05, 4.69) is 5.32 Å². The SMILES string of the molecule is NC(=O)CCN(CCO)CCNCCO. The number of carbonyl (C=O) groups is 1. The van der Waals surface area contributed by atoms with Crippen LogP contribution in [0.1, 0.15) is 6.42 Å². The number of primary amides is 1. The third kappa shape index (κ3) is 9.61. The monoisotopic (exact) mass is 219 g/mol. The molecule has 6 heteroatoms. The Labute approximate surface area is 90.1 Å². The lowest BCUT2D eigenvalue weighted by Crippen LogP contribution is -2.36. The smallest absolute Gasteiger partial charge is 0.218 e. The van der Waals surface area contributed by atoms with Crippen molar-refractivity contribution in [2.75, 3.05) is 45.9 Å². The fourth-order valence-electron chi connectivity index (χ4n) is 1.19. The molecular weight excluding hydrogens is 198 g/mol. The van der Waals surface area contributed by atoms with Crippen molar-refractivity contribution < 1.29 is 15.0 Å². The summed E-state index contributed by atoms with van der Waals surface area (Å²) in [6.07, 6.45) is 0.306. The average molecular weight is 219 g/mol. The summed E-state index contributed by atoms with van der Waals surface area (Å²) in [6, 6.07) is 0. The molecule has 0 saturated carbocycles. The van der Waals surface area contributed by atoms with Gasteiger partial charge in [-0.15, -0.1) is 0 Å². The number of hydrogen-bond donors (Lipinski definition) is 4. The second-order valence-corrected chi connectivity index (χ2v) is 3.26. The van der Waals surface area contributed by atoms with E-state index in [1.54, 1.807) is 0 Å². The van der Waals surface area contributed by atoms with Crippen LogP contribution >= 0.6 is 0 Å². The minimum absolute atomic E-state index is 0.0682. The maximum absolute atomic E-state index is 10.6. The molecule has 6 nitrogen and oxygen atoms in total. The van der Waals surface area contributed by atoms with Crippen molar-refractivity contribution in [3.8, 4) is 0 Å². The maximum atomic E-state index is 10.6. The molecule has 0 rings (SSSR count). The van der Waals surface area contributed by atoms with Crippen LogP contribution in [0, 0.1) is 0 Å². The molecule has 0 aliphatic rings. The molecule has 15 heavy (non-hydrogen) atoms. The number of nitrogens with two attached hydrogens (primary N) is 1. The van der Waals surface area contributed by atoms with E-state index in [-0.39, 0.29) is 19.1 Å². The van der Waals surface area contributed by atoms with Crippen molar-refractivity contribution in [3.63, 3.8) is 0 Å². The predicted molar refractivity (Wildman–Crippen MR) is 57.3 cm³/mol. The van der Waals surface area contributed by atoms with Gasteiger partial charge in [0.2, 0.25) is 5.91 Å². The van der Waals surface area contributed by atoms with Crippen LogP contribution in [-0.4, -0.2) is 67.0 Å². The van der Waals surface area contributed by atoms with Gasteiger partial charge in [0.25, 0.3) is 0 Å². The topological polar surface area (TPSA) is 98.8 Å². The molecule has 0 bridgehead atoms. The van der Waals surface area contributed by atoms with Gasteiger partial charge < -0.3 is 21.3 Å². The highest BCUT2D eigenvalue weighted by Crippen LogP contribution is 1.89. The molecule has 0 aliphatic carbocycles. The zero-order chi connectivity index (χ0) is 11.5. The van der Waals surface area contributed by atoms with Gasteiger partial charge >= 0.3 is 0 Å². The standard InChI is InChI=1S/C9H21N3O3/c10-9(15)1-4-12(6-8-14)5-2-11-3-7-13/h11,13-14H,1-8H2,(H2,10,15). The Hall–Kier alpha value is -0.690. The van der Waals surface area contributed by atoms with Crippen LogP contribution in [0.4, 0.5) is 0 Å². The summed E-state index contributed by atoms with van der Waals surface area (Å²) < 4.78 is 0. The third-order valence-electron chi connectivity index (χ3n) is 1.98. The summed E-state index contributed by atoms with van der Waals surface area (Å²) in [7, 11) is 0. The lowest BCUT2D eigenvalue weighted by molar-refractivity contribution is -0.118. The Balaban J connectivity index is 3.57. The Morgan fingerprint density at radius 1 is 1.13 bits per heavy atom. The van der Waals surface area contributed by atoms with Crippen molar-refractivity contribution in [1.82, 2.24) is 10.2 Å². The summed E-state index contributed by atoms with van der Waals surface area (Å²) >= 11 is 0. The highest BCUT2D eigenvalue weighted by molar-refractivity contribution is 5.73. The molecule has 0 aromatic carbocycles. The molecule has 5 N–H and O–H groups in total. The second kappa shape index (κ2) is 9.85. The summed E-state index contributed by atoms with van der Waals surface area (Å²) in [5.74, 6) is -0.332. The van der Waals surface area contributed by atoms with Crippen molar-refractivity contribution >= 4 is 5.91 Å². The summed E-state index contributed by atoms with van der Waals surface area (Å²) in [5.41, 5.74) is 5.04.